The van der Waals surface area contributed by atoms with E-state index in [1.807, 2.05) is 0 Å². The molecule has 0 atom stereocenters. The number of nitrogens with zero attached hydrogens (tertiary/aromatic N) is 2. The SMILES string of the molecule is COC(C)(Cc1c(Cl)nc(C)nc1Cl)OC. The molecule has 0 radical (unpaired) electrons. The molecule has 0 aliphatic heterocycles. The maximum atomic E-state index is 6.01. The Morgan fingerprint density at radius 1 is 1.12 bits per heavy atom. The zero-order chi connectivity index (χ0) is 12.3. The highest BCUT2D eigenvalue weighted by Gasteiger charge is 2.26. The van der Waals surface area contributed by atoms with Crippen molar-refractivity contribution in [3.8, 4) is 0 Å². The van der Waals surface area contributed by atoms with Crippen LogP contribution in [0.3, 0.4) is 0 Å². The van der Waals surface area contributed by atoms with Gasteiger partial charge in [0.15, 0.2) is 5.79 Å². The van der Waals surface area contributed by atoms with Gasteiger partial charge < -0.3 is 9.47 Å². The van der Waals surface area contributed by atoms with Gasteiger partial charge in [-0.25, -0.2) is 9.97 Å². The molecule has 0 aliphatic carbocycles. The largest absolute Gasteiger partial charge is 0.353 e. The molecule has 0 N–H and O–H groups in total. The summed E-state index contributed by atoms with van der Waals surface area (Å²) in [7, 11) is 3.11. The van der Waals surface area contributed by atoms with Gasteiger partial charge in [-0.2, -0.15) is 0 Å². The van der Waals surface area contributed by atoms with E-state index in [1.165, 1.54) is 0 Å². The van der Waals surface area contributed by atoms with Crippen LogP contribution in [0.2, 0.25) is 10.3 Å². The molecule has 6 heteroatoms. The molecule has 0 saturated carbocycles. The molecule has 0 bridgehead atoms. The second-order valence-electron chi connectivity index (χ2n) is 3.55. The maximum absolute atomic E-state index is 6.01. The van der Waals surface area contributed by atoms with Gasteiger partial charge in [0.25, 0.3) is 0 Å². The van der Waals surface area contributed by atoms with E-state index in [0.29, 0.717) is 28.1 Å². The fraction of sp³-hybridized carbons (Fsp3) is 0.600. The average Bonchev–Trinajstić information content (AvgIpc) is 2.23. The van der Waals surface area contributed by atoms with E-state index in [4.69, 9.17) is 32.7 Å². The molecular formula is C10H14Cl2N2O2. The molecule has 0 saturated heterocycles. The van der Waals surface area contributed by atoms with Gasteiger partial charge in [-0.1, -0.05) is 23.2 Å². The predicted molar refractivity (Wildman–Crippen MR) is 62.9 cm³/mol. The van der Waals surface area contributed by atoms with E-state index >= 15 is 0 Å². The molecule has 0 aliphatic rings. The van der Waals surface area contributed by atoms with E-state index in [2.05, 4.69) is 9.97 Å². The van der Waals surface area contributed by atoms with E-state index in [-0.39, 0.29) is 0 Å². The summed E-state index contributed by atoms with van der Waals surface area (Å²) in [6.07, 6.45) is 0.387. The summed E-state index contributed by atoms with van der Waals surface area (Å²) >= 11 is 12.0. The molecule has 90 valence electrons. The number of hydrogen-bond acceptors (Lipinski definition) is 4. The third-order valence-corrected chi connectivity index (χ3v) is 3.00. The highest BCUT2D eigenvalue weighted by Crippen LogP contribution is 2.27. The van der Waals surface area contributed by atoms with E-state index < -0.39 is 5.79 Å². The Morgan fingerprint density at radius 2 is 1.56 bits per heavy atom. The standard InChI is InChI=1S/C10H14Cl2N2O2/c1-6-13-8(11)7(9(12)14-6)5-10(2,15-3)16-4/h5H2,1-4H3. The van der Waals surface area contributed by atoms with Crippen molar-refractivity contribution in [1.82, 2.24) is 9.97 Å². The third kappa shape index (κ3) is 3.04. The second kappa shape index (κ2) is 5.27. The van der Waals surface area contributed by atoms with Crippen LogP contribution in [-0.2, 0) is 15.9 Å². The van der Waals surface area contributed by atoms with Crippen molar-refractivity contribution in [3.63, 3.8) is 0 Å². The van der Waals surface area contributed by atoms with Gasteiger partial charge in [-0.3, -0.25) is 0 Å². The van der Waals surface area contributed by atoms with Gasteiger partial charge in [-0.15, -0.1) is 0 Å². The van der Waals surface area contributed by atoms with Crippen LogP contribution in [0, 0.1) is 6.92 Å². The lowest BCUT2D eigenvalue weighted by molar-refractivity contribution is -0.191. The molecule has 1 aromatic rings. The minimum Gasteiger partial charge on any atom is -0.353 e. The maximum Gasteiger partial charge on any atom is 0.168 e. The molecule has 1 heterocycles. The van der Waals surface area contributed by atoms with Crippen LogP contribution in [-0.4, -0.2) is 30.0 Å². The molecule has 0 amide bonds. The number of hydrogen-bond donors (Lipinski definition) is 0. The van der Waals surface area contributed by atoms with Gasteiger partial charge in [0.1, 0.15) is 16.1 Å². The highest BCUT2D eigenvalue weighted by molar-refractivity contribution is 6.34. The summed E-state index contributed by atoms with van der Waals surface area (Å²) in [5.41, 5.74) is 0.625. The van der Waals surface area contributed by atoms with Gasteiger partial charge in [0.05, 0.1) is 0 Å². The molecular weight excluding hydrogens is 251 g/mol. The summed E-state index contributed by atoms with van der Waals surface area (Å²) in [4.78, 5) is 8.09. The molecule has 0 spiro atoms. The van der Waals surface area contributed by atoms with Crippen LogP contribution in [0.1, 0.15) is 18.3 Å². The minimum atomic E-state index is -0.786. The lowest BCUT2D eigenvalue weighted by Gasteiger charge is -2.26. The summed E-state index contributed by atoms with van der Waals surface area (Å²) in [6.45, 7) is 3.52. The number of halogens is 2. The summed E-state index contributed by atoms with van der Waals surface area (Å²) in [5.74, 6) is -0.249. The minimum absolute atomic E-state index is 0.331. The summed E-state index contributed by atoms with van der Waals surface area (Å²) < 4.78 is 10.5. The zero-order valence-corrected chi connectivity index (χ0v) is 11.2. The fourth-order valence-electron chi connectivity index (χ4n) is 1.22. The van der Waals surface area contributed by atoms with Crippen molar-refractivity contribution in [2.24, 2.45) is 0 Å². The van der Waals surface area contributed by atoms with Gasteiger partial charge in [0.2, 0.25) is 0 Å². The van der Waals surface area contributed by atoms with Crippen molar-refractivity contribution in [2.75, 3.05) is 14.2 Å². The Labute approximate surface area is 105 Å². The molecule has 0 fully saturated rings. The van der Waals surface area contributed by atoms with Crippen molar-refractivity contribution in [1.29, 1.82) is 0 Å². The second-order valence-corrected chi connectivity index (χ2v) is 4.27. The van der Waals surface area contributed by atoms with Crippen LogP contribution in [0.15, 0.2) is 0 Å². The van der Waals surface area contributed by atoms with Crippen molar-refractivity contribution < 1.29 is 9.47 Å². The fourth-order valence-corrected chi connectivity index (χ4v) is 1.83. The average molecular weight is 265 g/mol. The Hall–Kier alpha value is -0.420. The predicted octanol–water partition coefficient (Wildman–Crippen LogP) is 2.64. The Morgan fingerprint density at radius 3 is 1.94 bits per heavy atom. The van der Waals surface area contributed by atoms with E-state index in [0.717, 1.165) is 0 Å². The van der Waals surface area contributed by atoms with Crippen molar-refractivity contribution in [3.05, 3.63) is 21.7 Å². The van der Waals surface area contributed by atoms with Crippen LogP contribution >= 0.6 is 23.2 Å². The number of aromatic nitrogens is 2. The Kier molecular flexibility index (Phi) is 4.50. The monoisotopic (exact) mass is 264 g/mol. The first kappa shape index (κ1) is 13.6. The van der Waals surface area contributed by atoms with E-state index in [9.17, 15) is 0 Å². The number of ether oxygens (including phenoxy) is 2. The molecule has 1 rings (SSSR count). The quantitative estimate of drug-likeness (QED) is 0.620. The first-order valence-corrected chi connectivity index (χ1v) is 5.46. The Balaban J connectivity index is 3.06. The first-order chi connectivity index (χ1) is 7.41. The summed E-state index contributed by atoms with van der Waals surface area (Å²) in [6, 6.07) is 0. The lowest BCUT2D eigenvalue weighted by atomic mass is 10.1. The number of aryl methyl sites for hydroxylation is 1. The lowest BCUT2D eigenvalue weighted by Crippen LogP contribution is -2.32. The van der Waals surface area contributed by atoms with E-state index in [1.54, 1.807) is 28.1 Å². The molecule has 0 unspecified atom stereocenters. The highest BCUT2D eigenvalue weighted by atomic mass is 35.5. The zero-order valence-electron chi connectivity index (χ0n) is 9.67. The molecule has 16 heavy (non-hydrogen) atoms. The van der Waals surface area contributed by atoms with Crippen LogP contribution in [0.25, 0.3) is 0 Å². The normalized spacial score (nSPS) is 11.9. The van der Waals surface area contributed by atoms with Crippen LogP contribution in [0.4, 0.5) is 0 Å². The summed E-state index contributed by atoms with van der Waals surface area (Å²) in [5, 5.41) is 0.663. The molecule has 0 aromatic carbocycles. The van der Waals surface area contributed by atoms with Crippen molar-refractivity contribution >= 4 is 23.2 Å². The van der Waals surface area contributed by atoms with Crippen LogP contribution in [0.5, 0.6) is 0 Å². The third-order valence-electron chi connectivity index (χ3n) is 2.38. The molecule has 1 aromatic heterocycles. The topological polar surface area (TPSA) is 44.2 Å². The number of rotatable bonds is 4. The molecule has 4 nitrogen and oxygen atoms in total. The number of methoxy groups -OCH3 is 2. The van der Waals surface area contributed by atoms with Crippen LogP contribution < -0.4 is 0 Å². The van der Waals surface area contributed by atoms with Gasteiger partial charge in [-0.05, 0) is 13.8 Å². The van der Waals surface area contributed by atoms with Gasteiger partial charge >= 0.3 is 0 Å². The van der Waals surface area contributed by atoms with Gasteiger partial charge in [0, 0.05) is 26.2 Å². The smallest absolute Gasteiger partial charge is 0.168 e. The first-order valence-electron chi connectivity index (χ1n) is 4.70. The van der Waals surface area contributed by atoms with Crippen molar-refractivity contribution in [2.45, 2.75) is 26.1 Å². The Bertz CT molecular complexity index is 358.